The number of fused-ring (bicyclic) bond motifs is 1. The number of carbonyl (C=O) groups excluding carboxylic acids is 1. The summed E-state index contributed by atoms with van der Waals surface area (Å²) in [4.78, 5) is 31.1. The minimum absolute atomic E-state index is 0.0618. The van der Waals surface area contributed by atoms with Gasteiger partial charge in [-0.15, -0.1) is 6.58 Å². The van der Waals surface area contributed by atoms with Gasteiger partial charge in [0.25, 0.3) is 5.56 Å². The molecule has 1 aromatic heterocycles. The summed E-state index contributed by atoms with van der Waals surface area (Å²) in [7, 11) is 0. The molecule has 4 rings (SSSR count). The maximum atomic E-state index is 13.4. The highest BCUT2D eigenvalue weighted by Gasteiger charge is 2.34. The molecular formula is C26H19ClF3N3O2S. The molecule has 1 heterocycles. The first-order chi connectivity index (χ1) is 17.2. The third-order valence-corrected chi connectivity index (χ3v) is 6.82. The maximum Gasteiger partial charge on any atom is 0.417 e. The van der Waals surface area contributed by atoms with E-state index in [4.69, 9.17) is 11.6 Å². The fourth-order valence-electron chi connectivity index (χ4n) is 3.56. The summed E-state index contributed by atoms with van der Waals surface area (Å²) in [6.45, 7) is 3.86. The molecule has 0 radical (unpaired) electrons. The third-order valence-electron chi connectivity index (χ3n) is 5.24. The van der Waals surface area contributed by atoms with Gasteiger partial charge in [-0.25, -0.2) is 4.98 Å². The lowest BCUT2D eigenvalue weighted by atomic mass is 10.1. The van der Waals surface area contributed by atoms with Gasteiger partial charge in [0.15, 0.2) is 5.16 Å². The Balaban J connectivity index is 1.75. The van der Waals surface area contributed by atoms with Crippen LogP contribution in [0.4, 0.5) is 18.9 Å². The van der Waals surface area contributed by atoms with Crippen molar-refractivity contribution in [1.82, 2.24) is 9.55 Å². The monoisotopic (exact) mass is 529 g/mol. The van der Waals surface area contributed by atoms with Crippen LogP contribution in [0.15, 0.2) is 95.4 Å². The van der Waals surface area contributed by atoms with Crippen molar-refractivity contribution in [2.45, 2.75) is 23.1 Å². The molecule has 1 amide bonds. The summed E-state index contributed by atoms with van der Waals surface area (Å²) in [5.41, 5.74) is -0.361. The smallest absolute Gasteiger partial charge is 0.325 e. The van der Waals surface area contributed by atoms with Crippen molar-refractivity contribution in [2.75, 3.05) is 5.32 Å². The lowest BCUT2D eigenvalue weighted by Crippen LogP contribution is -2.25. The molecule has 184 valence electrons. The number of para-hydroxylation sites is 1. The molecule has 0 aliphatic rings. The Morgan fingerprint density at radius 3 is 2.50 bits per heavy atom. The van der Waals surface area contributed by atoms with Crippen LogP contribution < -0.4 is 10.9 Å². The molecule has 3 aromatic carbocycles. The second-order valence-corrected chi connectivity index (χ2v) is 9.19. The number of halogens is 4. The highest BCUT2D eigenvalue weighted by Crippen LogP contribution is 2.38. The minimum Gasteiger partial charge on any atom is -0.325 e. The van der Waals surface area contributed by atoms with Gasteiger partial charge in [0, 0.05) is 12.2 Å². The van der Waals surface area contributed by atoms with Crippen LogP contribution in [0.2, 0.25) is 5.02 Å². The van der Waals surface area contributed by atoms with Crippen LogP contribution in [0.5, 0.6) is 0 Å². The van der Waals surface area contributed by atoms with Crippen molar-refractivity contribution in [2.24, 2.45) is 0 Å². The van der Waals surface area contributed by atoms with Gasteiger partial charge in [-0.3, -0.25) is 14.2 Å². The quantitative estimate of drug-likeness (QED) is 0.164. The van der Waals surface area contributed by atoms with Crippen LogP contribution in [0, 0.1) is 0 Å². The van der Waals surface area contributed by atoms with Gasteiger partial charge >= 0.3 is 6.18 Å². The van der Waals surface area contributed by atoms with Gasteiger partial charge in [-0.05, 0) is 35.9 Å². The number of thioether (sulfide) groups is 1. The topological polar surface area (TPSA) is 64.0 Å². The van der Waals surface area contributed by atoms with Gasteiger partial charge in [-0.1, -0.05) is 71.9 Å². The summed E-state index contributed by atoms with van der Waals surface area (Å²) in [6, 6.07) is 18.7. The minimum atomic E-state index is -4.68. The van der Waals surface area contributed by atoms with Crippen molar-refractivity contribution in [3.05, 3.63) is 112 Å². The van der Waals surface area contributed by atoms with Crippen LogP contribution >= 0.6 is 23.4 Å². The average Bonchev–Trinajstić information content (AvgIpc) is 2.85. The van der Waals surface area contributed by atoms with E-state index in [1.807, 2.05) is 0 Å². The summed E-state index contributed by atoms with van der Waals surface area (Å²) < 4.78 is 41.3. The fourth-order valence-corrected chi connectivity index (χ4v) is 4.89. The molecule has 36 heavy (non-hydrogen) atoms. The van der Waals surface area contributed by atoms with Crippen molar-refractivity contribution < 1.29 is 18.0 Å². The first-order valence-corrected chi connectivity index (χ1v) is 11.9. The predicted molar refractivity (Wildman–Crippen MR) is 136 cm³/mol. The molecule has 10 heteroatoms. The van der Waals surface area contributed by atoms with Crippen molar-refractivity contribution in [1.29, 1.82) is 0 Å². The molecule has 0 aliphatic carbocycles. The summed E-state index contributed by atoms with van der Waals surface area (Å²) in [6.07, 6.45) is -3.13. The van der Waals surface area contributed by atoms with Gasteiger partial charge in [0.2, 0.25) is 5.91 Å². The van der Waals surface area contributed by atoms with Crippen LogP contribution in [0.25, 0.3) is 10.9 Å². The summed E-state index contributed by atoms with van der Waals surface area (Å²) >= 11 is 6.73. The number of aromatic nitrogens is 2. The lowest BCUT2D eigenvalue weighted by Gasteiger charge is -2.19. The Morgan fingerprint density at radius 1 is 1.11 bits per heavy atom. The number of hydrogen-bond acceptors (Lipinski definition) is 4. The number of hydrogen-bond donors (Lipinski definition) is 1. The second-order valence-electron chi connectivity index (χ2n) is 7.71. The molecule has 1 N–H and O–H groups in total. The largest absolute Gasteiger partial charge is 0.417 e. The molecule has 4 aromatic rings. The van der Waals surface area contributed by atoms with E-state index in [9.17, 15) is 22.8 Å². The van der Waals surface area contributed by atoms with E-state index >= 15 is 0 Å². The molecule has 0 bridgehead atoms. The molecule has 0 saturated heterocycles. The van der Waals surface area contributed by atoms with Crippen molar-refractivity contribution in [3.63, 3.8) is 0 Å². The fraction of sp³-hybridized carbons (Fsp3) is 0.115. The maximum absolute atomic E-state index is 13.4. The van der Waals surface area contributed by atoms with Gasteiger partial charge in [0.05, 0.1) is 21.5 Å². The van der Waals surface area contributed by atoms with E-state index in [0.717, 1.165) is 23.9 Å². The first-order valence-electron chi connectivity index (χ1n) is 10.7. The standard InChI is InChI=1S/C26H19ClF3N3O2S/c1-2-14-33-24(35)18-10-6-7-11-21(18)32-25(33)36-22(16-8-4-3-5-9-16)23(34)31-17-12-13-20(27)19(15-17)26(28,29)30/h2-13,15,22H,1,14H2,(H,31,34). The Kier molecular flexibility index (Phi) is 7.51. The molecule has 5 nitrogen and oxygen atoms in total. The summed E-state index contributed by atoms with van der Waals surface area (Å²) in [5.74, 6) is -0.589. The molecule has 0 saturated carbocycles. The van der Waals surface area contributed by atoms with Crippen LogP contribution in [-0.4, -0.2) is 15.5 Å². The first kappa shape index (κ1) is 25.5. The highest BCUT2D eigenvalue weighted by molar-refractivity contribution is 8.00. The zero-order valence-corrected chi connectivity index (χ0v) is 20.2. The molecule has 1 unspecified atom stereocenters. The SMILES string of the molecule is C=CCn1c(SC(C(=O)Nc2ccc(Cl)c(C(F)(F)F)c2)c2ccccc2)nc2ccccc2c1=O. The van der Waals surface area contributed by atoms with E-state index in [1.165, 1.54) is 10.6 Å². The van der Waals surface area contributed by atoms with Gasteiger partial charge < -0.3 is 5.32 Å². The molecular weight excluding hydrogens is 511 g/mol. The van der Waals surface area contributed by atoms with Crippen molar-refractivity contribution in [3.8, 4) is 0 Å². The van der Waals surface area contributed by atoms with Crippen LogP contribution in [0.3, 0.4) is 0 Å². The number of anilines is 1. The van der Waals surface area contributed by atoms with E-state index in [1.54, 1.807) is 60.7 Å². The van der Waals surface area contributed by atoms with E-state index < -0.39 is 27.9 Å². The Labute approximate surface area is 213 Å². The normalized spacial score (nSPS) is 12.3. The Morgan fingerprint density at radius 2 is 1.81 bits per heavy atom. The third kappa shape index (κ3) is 5.47. The van der Waals surface area contributed by atoms with E-state index in [2.05, 4.69) is 16.9 Å². The second kappa shape index (κ2) is 10.6. The number of nitrogens with one attached hydrogen (secondary N) is 1. The molecule has 0 spiro atoms. The predicted octanol–water partition coefficient (Wildman–Crippen LogP) is 6.73. The highest BCUT2D eigenvalue weighted by atomic mass is 35.5. The van der Waals surface area contributed by atoms with Crippen LogP contribution in [-0.2, 0) is 17.5 Å². The number of amides is 1. The van der Waals surface area contributed by atoms with Gasteiger partial charge in [0.1, 0.15) is 5.25 Å². The molecule has 0 aliphatic heterocycles. The molecule has 1 atom stereocenters. The summed E-state index contributed by atoms with van der Waals surface area (Å²) in [5, 5.41) is 1.84. The zero-order chi connectivity index (χ0) is 25.9. The Hall–Kier alpha value is -3.56. The molecule has 0 fully saturated rings. The van der Waals surface area contributed by atoms with Crippen LogP contribution in [0.1, 0.15) is 16.4 Å². The zero-order valence-electron chi connectivity index (χ0n) is 18.6. The van der Waals surface area contributed by atoms with Crippen molar-refractivity contribution >= 4 is 45.9 Å². The van der Waals surface area contributed by atoms with E-state index in [0.29, 0.717) is 16.5 Å². The number of nitrogens with zero attached hydrogens (tertiary/aromatic N) is 2. The Bertz CT molecular complexity index is 1490. The average molecular weight is 530 g/mol. The number of allylic oxidation sites excluding steroid dienone is 1. The number of rotatable bonds is 7. The van der Waals surface area contributed by atoms with E-state index in [-0.39, 0.29) is 22.9 Å². The lowest BCUT2D eigenvalue weighted by molar-refractivity contribution is -0.137. The van der Waals surface area contributed by atoms with Gasteiger partial charge in [-0.2, -0.15) is 13.2 Å². The number of benzene rings is 3. The number of carbonyl (C=O) groups is 1. The number of alkyl halides is 3.